The van der Waals surface area contributed by atoms with Gasteiger partial charge in [-0.3, -0.25) is 14.9 Å². The van der Waals surface area contributed by atoms with Crippen molar-refractivity contribution in [3.63, 3.8) is 0 Å². The first-order valence-electron chi connectivity index (χ1n) is 13.0. The van der Waals surface area contributed by atoms with Gasteiger partial charge in [0.1, 0.15) is 11.4 Å². The van der Waals surface area contributed by atoms with Crippen molar-refractivity contribution < 1.29 is 18.7 Å². The Morgan fingerprint density at radius 3 is 2.38 bits per heavy atom. The molecule has 0 aliphatic carbocycles. The highest BCUT2D eigenvalue weighted by molar-refractivity contribution is 6.74. The number of halogens is 1. The number of hydrogen-bond acceptors (Lipinski definition) is 7. The van der Waals surface area contributed by atoms with E-state index in [-0.39, 0.29) is 5.04 Å². The molecule has 0 radical (unpaired) electrons. The van der Waals surface area contributed by atoms with Crippen LogP contribution in [0.4, 0.5) is 10.5 Å². The largest absolute Gasteiger partial charge is 0.443 e. The number of benzene rings is 1. The third-order valence-electron chi connectivity index (χ3n) is 6.37. The Balaban J connectivity index is 1.82. The molecule has 0 fully saturated rings. The van der Waals surface area contributed by atoms with Crippen LogP contribution in [0.2, 0.25) is 23.2 Å². The first-order valence-corrected chi connectivity index (χ1v) is 16.3. The number of pyridine rings is 1. The zero-order chi connectivity index (χ0) is 28.8. The number of anilines is 1. The van der Waals surface area contributed by atoms with E-state index >= 15 is 0 Å². The van der Waals surface area contributed by atoms with Gasteiger partial charge in [-0.05, 0) is 69.6 Å². The molecular formula is C29H39ClN4O4Si. The van der Waals surface area contributed by atoms with E-state index in [4.69, 9.17) is 25.5 Å². The predicted octanol–water partition coefficient (Wildman–Crippen LogP) is 8.14. The van der Waals surface area contributed by atoms with Crippen LogP contribution < -0.4 is 9.64 Å². The Bertz CT molecular complexity index is 1270. The van der Waals surface area contributed by atoms with Gasteiger partial charge in [0.25, 0.3) is 0 Å². The lowest BCUT2D eigenvalue weighted by Crippen LogP contribution is -2.42. The Kier molecular flexibility index (Phi) is 9.74. The first-order chi connectivity index (χ1) is 18.1. The van der Waals surface area contributed by atoms with E-state index in [0.29, 0.717) is 53.2 Å². The van der Waals surface area contributed by atoms with Gasteiger partial charge in [0, 0.05) is 29.9 Å². The molecule has 3 rings (SSSR count). The van der Waals surface area contributed by atoms with Crippen LogP contribution >= 0.6 is 11.6 Å². The predicted molar refractivity (Wildman–Crippen MR) is 158 cm³/mol. The first kappa shape index (κ1) is 30.5. The fourth-order valence-electron chi connectivity index (χ4n) is 3.31. The Labute approximate surface area is 237 Å². The van der Waals surface area contributed by atoms with Gasteiger partial charge < -0.3 is 13.9 Å². The zero-order valence-corrected chi connectivity index (χ0v) is 25.9. The van der Waals surface area contributed by atoms with Gasteiger partial charge in [0.15, 0.2) is 8.32 Å². The molecule has 0 saturated carbocycles. The van der Waals surface area contributed by atoms with Crippen molar-refractivity contribution in [2.24, 2.45) is 0 Å². The fraction of sp³-hybridized carbons (Fsp3) is 0.448. The number of hydrogen-bond donors (Lipinski definition) is 0. The summed E-state index contributed by atoms with van der Waals surface area (Å²) in [6.07, 6.45) is 6.66. The number of carbonyl (C=O) groups is 1. The molecule has 0 spiro atoms. The Morgan fingerprint density at radius 1 is 1.00 bits per heavy atom. The van der Waals surface area contributed by atoms with E-state index in [9.17, 15) is 4.79 Å². The fourth-order valence-corrected chi connectivity index (χ4v) is 4.58. The highest BCUT2D eigenvalue weighted by Crippen LogP contribution is 2.36. The maximum atomic E-state index is 13.2. The van der Waals surface area contributed by atoms with E-state index in [1.54, 1.807) is 47.8 Å². The summed E-state index contributed by atoms with van der Waals surface area (Å²) in [5.41, 5.74) is 1.18. The summed E-state index contributed by atoms with van der Waals surface area (Å²) in [4.78, 5) is 28.1. The van der Waals surface area contributed by atoms with Crippen molar-refractivity contribution in [3.05, 3.63) is 60.1 Å². The summed E-state index contributed by atoms with van der Waals surface area (Å²) in [5.74, 6) is 0.865. The molecule has 10 heteroatoms. The normalized spacial score (nSPS) is 12.2. The molecule has 2 heterocycles. The summed E-state index contributed by atoms with van der Waals surface area (Å²) >= 11 is 6.07. The molecule has 0 atom stereocenters. The highest BCUT2D eigenvalue weighted by Gasteiger charge is 2.37. The number of aromatic nitrogens is 3. The van der Waals surface area contributed by atoms with Crippen LogP contribution in [0.5, 0.6) is 11.6 Å². The van der Waals surface area contributed by atoms with E-state index in [2.05, 4.69) is 48.8 Å². The van der Waals surface area contributed by atoms with Crippen LogP contribution in [0.25, 0.3) is 11.3 Å². The highest BCUT2D eigenvalue weighted by atomic mass is 35.5. The average Bonchev–Trinajstić information content (AvgIpc) is 2.82. The van der Waals surface area contributed by atoms with Crippen LogP contribution in [0.15, 0.2) is 55.1 Å². The number of amides is 1. The molecule has 0 bridgehead atoms. The summed E-state index contributed by atoms with van der Waals surface area (Å²) in [7, 11) is -1.89. The molecule has 8 nitrogen and oxygen atoms in total. The quantitative estimate of drug-likeness (QED) is 0.189. The third kappa shape index (κ3) is 9.01. The van der Waals surface area contributed by atoms with E-state index in [0.717, 1.165) is 0 Å². The lowest BCUT2D eigenvalue weighted by atomic mass is 10.2. The van der Waals surface area contributed by atoms with Crippen molar-refractivity contribution in [1.29, 1.82) is 0 Å². The van der Waals surface area contributed by atoms with Crippen molar-refractivity contribution >= 4 is 31.7 Å². The van der Waals surface area contributed by atoms with Crippen LogP contribution in [-0.2, 0) is 9.16 Å². The average molecular weight is 571 g/mol. The van der Waals surface area contributed by atoms with Gasteiger partial charge in [-0.15, -0.1) is 0 Å². The topological polar surface area (TPSA) is 86.7 Å². The number of ether oxygens (including phenoxy) is 2. The van der Waals surface area contributed by atoms with Crippen molar-refractivity contribution in [3.8, 4) is 22.9 Å². The van der Waals surface area contributed by atoms with Crippen molar-refractivity contribution in [1.82, 2.24) is 15.0 Å². The van der Waals surface area contributed by atoms with Crippen LogP contribution in [-0.4, -0.2) is 48.1 Å². The maximum absolute atomic E-state index is 13.2. The number of nitrogens with zero attached hydrogens (tertiary/aromatic N) is 4. The molecular weight excluding hydrogens is 532 g/mol. The van der Waals surface area contributed by atoms with Gasteiger partial charge >= 0.3 is 6.09 Å². The number of rotatable bonds is 9. The van der Waals surface area contributed by atoms with Crippen molar-refractivity contribution in [2.75, 3.05) is 18.1 Å². The smallest absolute Gasteiger partial charge is 0.414 e. The molecule has 0 saturated heterocycles. The van der Waals surface area contributed by atoms with Crippen LogP contribution in [0, 0.1) is 0 Å². The van der Waals surface area contributed by atoms with Gasteiger partial charge in [-0.25, -0.2) is 9.78 Å². The Morgan fingerprint density at radius 2 is 1.72 bits per heavy atom. The van der Waals surface area contributed by atoms with E-state index in [1.165, 1.54) is 6.20 Å². The third-order valence-corrected chi connectivity index (χ3v) is 11.1. The second-order valence-corrected chi connectivity index (χ2v) is 17.1. The lowest BCUT2D eigenvalue weighted by molar-refractivity contribution is 0.0578. The molecule has 0 aliphatic rings. The zero-order valence-electron chi connectivity index (χ0n) is 24.1. The lowest BCUT2D eigenvalue weighted by Gasteiger charge is -2.36. The summed E-state index contributed by atoms with van der Waals surface area (Å²) in [6.45, 7) is 17.6. The molecule has 1 amide bonds. The minimum atomic E-state index is -1.89. The monoisotopic (exact) mass is 570 g/mol. The molecule has 2 aromatic heterocycles. The minimum absolute atomic E-state index is 0.113. The minimum Gasteiger partial charge on any atom is -0.443 e. The molecule has 3 aromatic rings. The second-order valence-electron chi connectivity index (χ2n) is 11.8. The molecule has 0 aliphatic heterocycles. The van der Waals surface area contributed by atoms with Crippen molar-refractivity contribution in [2.45, 2.75) is 71.7 Å². The summed E-state index contributed by atoms with van der Waals surface area (Å²) in [5, 5.41) is 0.674. The summed E-state index contributed by atoms with van der Waals surface area (Å²) in [6, 6.07) is 8.90. The second kappa shape index (κ2) is 12.4. The molecule has 0 N–H and O–H groups in total. The molecule has 210 valence electrons. The van der Waals surface area contributed by atoms with E-state index in [1.807, 2.05) is 26.8 Å². The van der Waals surface area contributed by atoms with E-state index < -0.39 is 20.0 Å². The Hall–Kier alpha value is -3.01. The molecule has 1 aromatic carbocycles. The van der Waals surface area contributed by atoms with Crippen LogP contribution in [0.1, 0.15) is 48.0 Å². The van der Waals surface area contributed by atoms with Gasteiger partial charge in [0.2, 0.25) is 5.88 Å². The van der Waals surface area contributed by atoms with Gasteiger partial charge in [-0.1, -0.05) is 38.4 Å². The standard InChI is InChI=1S/C29H39ClN4O4Si/c1-28(2,3)38-27(35)34(13-10-14-36-39(7,8)29(4,5)6)23-15-21(17-31-18-23)25-19-32-20-26(33-25)37-24-12-9-11-22(30)16-24/h9,11-12,15-20H,10,13-14H2,1-8H3. The van der Waals surface area contributed by atoms with Crippen LogP contribution in [0.3, 0.4) is 0 Å². The van der Waals surface area contributed by atoms with Gasteiger partial charge in [-0.2, -0.15) is 0 Å². The molecule has 39 heavy (non-hydrogen) atoms. The summed E-state index contributed by atoms with van der Waals surface area (Å²) < 4.78 is 17.9. The SMILES string of the molecule is CC(C)(C)OC(=O)N(CCCO[Si](C)(C)C(C)(C)C)c1cncc(-c2cncc(Oc3cccc(Cl)c3)n2)c1. The maximum Gasteiger partial charge on any atom is 0.414 e. The molecule has 0 unspecified atom stereocenters. The number of carbonyl (C=O) groups excluding carboxylic acids is 1. The van der Waals surface area contributed by atoms with Gasteiger partial charge in [0.05, 0.1) is 30.0 Å².